The summed E-state index contributed by atoms with van der Waals surface area (Å²) in [5, 5.41) is 14.8. The second-order valence-electron chi connectivity index (χ2n) is 6.52. The average molecular weight is 408 g/mol. The first-order valence-electron chi connectivity index (χ1n) is 9.16. The number of aromatic nitrogens is 3. The molecule has 0 aliphatic carbocycles. The van der Waals surface area contributed by atoms with Crippen molar-refractivity contribution in [1.29, 1.82) is 0 Å². The fraction of sp³-hybridized carbons (Fsp3) is 0.200. The maximum absolute atomic E-state index is 12.3. The number of thioether (sulfide) groups is 1. The van der Waals surface area contributed by atoms with Crippen molar-refractivity contribution in [3.05, 3.63) is 54.6 Å². The van der Waals surface area contributed by atoms with Crippen LogP contribution in [0.3, 0.4) is 0 Å². The molecule has 1 aliphatic rings. The van der Waals surface area contributed by atoms with Gasteiger partial charge in [-0.25, -0.2) is 0 Å². The number of hydrogen-bond donors (Lipinski definition) is 2. The molecule has 2 aromatic carbocycles. The van der Waals surface area contributed by atoms with E-state index in [1.807, 2.05) is 34.9 Å². The van der Waals surface area contributed by atoms with E-state index in [1.165, 1.54) is 18.7 Å². The Morgan fingerprint density at radius 2 is 1.76 bits per heavy atom. The van der Waals surface area contributed by atoms with Crippen molar-refractivity contribution in [2.24, 2.45) is 0 Å². The van der Waals surface area contributed by atoms with Gasteiger partial charge >= 0.3 is 0 Å². The zero-order chi connectivity index (χ0) is 20.2. The molecule has 148 valence electrons. The topological polar surface area (TPSA) is 92.1 Å². The van der Waals surface area contributed by atoms with Gasteiger partial charge in [-0.1, -0.05) is 36.0 Å². The molecular weight excluding hydrogens is 388 g/mol. The number of nitrogens with one attached hydrogen (secondary N) is 2. The first kappa shape index (κ1) is 19.0. The van der Waals surface area contributed by atoms with Crippen LogP contribution in [0.1, 0.15) is 6.92 Å². The van der Waals surface area contributed by atoms with Crippen molar-refractivity contribution < 1.29 is 9.59 Å². The number of fused-ring (bicyclic) bond motifs is 1. The highest BCUT2D eigenvalue weighted by molar-refractivity contribution is 7.99. The van der Waals surface area contributed by atoms with Gasteiger partial charge < -0.3 is 15.5 Å². The van der Waals surface area contributed by atoms with E-state index in [1.54, 1.807) is 24.3 Å². The Morgan fingerprint density at radius 3 is 2.52 bits per heavy atom. The van der Waals surface area contributed by atoms with Gasteiger partial charge in [-0.2, -0.15) is 0 Å². The number of nitrogens with zero attached hydrogens (tertiary/aromatic N) is 4. The van der Waals surface area contributed by atoms with Crippen molar-refractivity contribution in [2.45, 2.75) is 18.6 Å². The normalized spacial score (nSPS) is 12.5. The van der Waals surface area contributed by atoms with Crippen LogP contribution in [-0.2, 0) is 16.1 Å². The minimum absolute atomic E-state index is 0.148. The molecule has 1 aromatic heterocycles. The molecule has 0 saturated heterocycles. The third-order valence-corrected chi connectivity index (χ3v) is 5.32. The summed E-state index contributed by atoms with van der Waals surface area (Å²) in [4.78, 5) is 25.6. The molecule has 2 heterocycles. The number of benzene rings is 2. The zero-order valence-electron chi connectivity index (χ0n) is 15.8. The highest BCUT2D eigenvalue weighted by atomic mass is 32.2. The molecule has 3 aromatic rings. The Balaban J connectivity index is 1.37. The van der Waals surface area contributed by atoms with Gasteiger partial charge in [-0.3, -0.25) is 14.2 Å². The molecule has 0 unspecified atom stereocenters. The minimum Gasteiger partial charge on any atom is -0.326 e. The summed E-state index contributed by atoms with van der Waals surface area (Å²) in [6.45, 7) is 3.04. The van der Waals surface area contributed by atoms with Gasteiger partial charge in [0.15, 0.2) is 5.16 Å². The molecule has 0 saturated carbocycles. The third-order valence-electron chi connectivity index (χ3n) is 4.35. The molecule has 0 radical (unpaired) electrons. The Hall–Kier alpha value is -3.33. The SMILES string of the molecule is CC(=O)Nc1cccc(NC(=O)CSc2nnc3n2CCN3c2ccccc2)c1. The van der Waals surface area contributed by atoms with E-state index >= 15 is 0 Å². The van der Waals surface area contributed by atoms with E-state index < -0.39 is 0 Å². The fourth-order valence-electron chi connectivity index (χ4n) is 3.14. The van der Waals surface area contributed by atoms with Crippen LogP contribution >= 0.6 is 11.8 Å². The van der Waals surface area contributed by atoms with Crippen LogP contribution in [0.25, 0.3) is 0 Å². The van der Waals surface area contributed by atoms with Gasteiger partial charge in [0.1, 0.15) is 0 Å². The van der Waals surface area contributed by atoms with Crippen LogP contribution in [0.4, 0.5) is 23.0 Å². The molecule has 0 atom stereocenters. The monoisotopic (exact) mass is 408 g/mol. The highest BCUT2D eigenvalue weighted by Gasteiger charge is 2.26. The Bertz CT molecular complexity index is 1040. The van der Waals surface area contributed by atoms with Gasteiger partial charge in [0.05, 0.1) is 5.75 Å². The lowest BCUT2D eigenvalue weighted by Crippen LogP contribution is -2.15. The first-order chi connectivity index (χ1) is 14.1. The number of para-hydroxylation sites is 1. The molecule has 0 spiro atoms. The van der Waals surface area contributed by atoms with Gasteiger partial charge in [0.2, 0.25) is 17.8 Å². The van der Waals surface area contributed by atoms with E-state index in [9.17, 15) is 9.59 Å². The summed E-state index contributed by atoms with van der Waals surface area (Å²) in [7, 11) is 0. The predicted molar refractivity (Wildman–Crippen MR) is 114 cm³/mol. The van der Waals surface area contributed by atoms with Crippen molar-refractivity contribution in [2.75, 3.05) is 27.8 Å². The van der Waals surface area contributed by atoms with Crippen molar-refractivity contribution in [1.82, 2.24) is 14.8 Å². The largest absolute Gasteiger partial charge is 0.326 e. The Labute approximate surface area is 172 Å². The number of carbonyl (C=O) groups excluding carboxylic acids is 2. The first-order valence-corrected chi connectivity index (χ1v) is 10.1. The lowest BCUT2D eigenvalue weighted by atomic mass is 10.2. The van der Waals surface area contributed by atoms with Crippen molar-refractivity contribution in [3.63, 3.8) is 0 Å². The molecule has 8 nitrogen and oxygen atoms in total. The van der Waals surface area contributed by atoms with E-state index in [0.29, 0.717) is 11.4 Å². The number of amides is 2. The van der Waals surface area contributed by atoms with E-state index in [4.69, 9.17) is 0 Å². The van der Waals surface area contributed by atoms with E-state index in [0.717, 1.165) is 29.9 Å². The van der Waals surface area contributed by atoms with Crippen LogP contribution < -0.4 is 15.5 Å². The summed E-state index contributed by atoms with van der Waals surface area (Å²) in [5.74, 6) is 0.704. The summed E-state index contributed by atoms with van der Waals surface area (Å²) >= 11 is 1.35. The van der Waals surface area contributed by atoms with Crippen molar-refractivity contribution >= 4 is 46.6 Å². The summed E-state index contributed by atoms with van der Waals surface area (Å²) in [6, 6.07) is 17.1. The zero-order valence-corrected chi connectivity index (χ0v) is 16.6. The maximum atomic E-state index is 12.3. The van der Waals surface area contributed by atoms with E-state index in [-0.39, 0.29) is 17.6 Å². The molecule has 2 amide bonds. The fourth-order valence-corrected chi connectivity index (χ4v) is 3.90. The van der Waals surface area contributed by atoms with Crippen LogP contribution in [0.15, 0.2) is 59.8 Å². The predicted octanol–water partition coefficient (Wildman–Crippen LogP) is 3.12. The van der Waals surface area contributed by atoms with Gasteiger partial charge in [-0.15, -0.1) is 10.2 Å². The number of rotatable bonds is 6. The quantitative estimate of drug-likeness (QED) is 0.609. The Kier molecular flexibility index (Phi) is 5.48. The highest BCUT2D eigenvalue weighted by Crippen LogP contribution is 2.31. The second-order valence-corrected chi connectivity index (χ2v) is 7.46. The lowest BCUT2D eigenvalue weighted by molar-refractivity contribution is -0.114. The second kappa shape index (κ2) is 8.36. The van der Waals surface area contributed by atoms with Gasteiger partial charge in [0, 0.05) is 37.1 Å². The smallest absolute Gasteiger partial charge is 0.234 e. The number of hydrogen-bond acceptors (Lipinski definition) is 6. The molecule has 2 N–H and O–H groups in total. The number of anilines is 4. The Morgan fingerprint density at radius 1 is 1.00 bits per heavy atom. The minimum atomic E-state index is -0.158. The third kappa shape index (κ3) is 4.40. The maximum Gasteiger partial charge on any atom is 0.234 e. The molecular formula is C20H20N6O2S. The molecule has 0 fully saturated rings. The molecule has 4 rings (SSSR count). The van der Waals surface area contributed by atoms with Gasteiger partial charge in [0.25, 0.3) is 0 Å². The van der Waals surface area contributed by atoms with Crippen molar-refractivity contribution in [3.8, 4) is 0 Å². The molecule has 1 aliphatic heterocycles. The molecule has 0 bridgehead atoms. The van der Waals surface area contributed by atoms with Crippen LogP contribution in [0.2, 0.25) is 0 Å². The lowest BCUT2D eigenvalue weighted by Gasteiger charge is -2.14. The standard InChI is InChI=1S/C20H20N6O2S/c1-14(27)21-15-6-5-7-16(12-15)22-18(28)13-29-20-24-23-19-25(10-11-26(19)20)17-8-3-2-4-9-17/h2-9,12H,10-11,13H2,1H3,(H,21,27)(H,22,28). The van der Waals surface area contributed by atoms with E-state index in [2.05, 4.69) is 25.7 Å². The summed E-state index contributed by atoms with van der Waals surface area (Å²) in [5.41, 5.74) is 2.34. The average Bonchev–Trinajstić information content (AvgIpc) is 3.29. The molecule has 9 heteroatoms. The van der Waals surface area contributed by atoms with Crippen LogP contribution in [0.5, 0.6) is 0 Å². The summed E-state index contributed by atoms with van der Waals surface area (Å²) < 4.78 is 2.03. The number of carbonyl (C=O) groups is 2. The summed E-state index contributed by atoms with van der Waals surface area (Å²) in [6.07, 6.45) is 0. The van der Waals surface area contributed by atoms with Crippen LogP contribution in [-0.4, -0.2) is 38.9 Å². The van der Waals surface area contributed by atoms with Crippen LogP contribution in [0, 0.1) is 0 Å². The van der Waals surface area contributed by atoms with Gasteiger partial charge in [-0.05, 0) is 30.3 Å². The molecule has 29 heavy (non-hydrogen) atoms.